The van der Waals surface area contributed by atoms with Crippen molar-refractivity contribution >= 4 is 10.0 Å². The van der Waals surface area contributed by atoms with Gasteiger partial charge in [0.2, 0.25) is 10.0 Å². The van der Waals surface area contributed by atoms with Crippen LogP contribution in [0, 0.1) is 5.82 Å². The number of sulfonamides is 1. The summed E-state index contributed by atoms with van der Waals surface area (Å²) in [5, 5.41) is 0. The van der Waals surface area contributed by atoms with Crippen LogP contribution in [0.2, 0.25) is 0 Å². The Bertz CT molecular complexity index is 507. The number of halogens is 1. The highest BCUT2D eigenvalue weighted by molar-refractivity contribution is 7.89. The Hall–Kier alpha value is -1.02. The predicted octanol–water partition coefficient (Wildman–Crippen LogP) is 1.82. The van der Waals surface area contributed by atoms with Gasteiger partial charge < -0.3 is 9.47 Å². The summed E-state index contributed by atoms with van der Waals surface area (Å²) in [6.07, 6.45) is 0.370. The Kier molecular flexibility index (Phi) is 7.08. The average molecular weight is 305 g/mol. The quantitative estimate of drug-likeness (QED) is 0.558. The zero-order valence-corrected chi connectivity index (χ0v) is 12.5. The van der Waals surface area contributed by atoms with Gasteiger partial charge in [-0.05, 0) is 31.0 Å². The van der Waals surface area contributed by atoms with Crippen molar-refractivity contribution in [2.24, 2.45) is 0 Å². The van der Waals surface area contributed by atoms with Gasteiger partial charge in [0.05, 0.1) is 12.4 Å². The molecule has 0 fully saturated rings. The number of rotatable bonds is 9. The molecule has 20 heavy (non-hydrogen) atoms. The number of methoxy groups -OCH3 is 1. The van der Waals surface area contributed by atoms with Gasteiger partial charge in [-0.25, -0.2) is 17.5 Å². The average Bonchev–Trinajstić information content (AvgIpc) is 2.38. The van der Waals surface area contributed by atoms with Gasteiger partial charge in [-0.15, -0.1) is 0 Å². The summed E-state index contributed by atoms with van der Waals surface area (Å²) >= 11 is 0. The van der Waals surface area contributed by atoms with Crippen LogP contribution in [-0.2, 0) is 19.5 Å². The monoisotopic (exact) mass is 305 g/mol. The van der Waals surface area contributed by atoms with Gasteiger partial charge >= 0.3 is 0 Å². The maximum atomic E-state index is 13.1. The third kappa shape index (κ3) is 6.42. The van der Waals surface area contributed by atoms with Gasteiger partial charge in [-0.1, -0.05) is 12.1 Å². The second-order valence-electron chi connectivity index (χ2n) is 4.38. The summed E-state index contributed by atoms with van der Waals surface area (Å²) in [6.45, 7) is 2.13. The van der Waals surface area contributed by atoms with E-state index in [-0.39, 0.29) is 18.4 Å². The molecule has 0 radical (unpaired) electrons. The first-order chi connectivity index (χ1) is 9.44. The Balaban J connectivity index is 2.45. The van der Waals surface area contributed by atoms with Crippen molar-refractivity contribution in [1.29, 1.82) is 0 Å². The molecule has 0 aliphatic rings. The molecule has 0 bridgehead atoms. The molecule has 0 aliphatic carbocycles. The smallest absolute Gasteiger partial charge is 0.212 e. The summed E-state index contributed by atoms with van der Waals surface area (Å²) < 4.78 is 49.0. The van der Waals surface area contributed by atoms with E-state index in [0.29, 0.717) is 18.6 Å². The molecule has 1 rings (SSSR count). The van der Waals surface area contributed by atoms with E-state index >= 15 is 0 Å². The van der Waals surface area contributed by atoms with Gasteiger partial charge in [0, 0.05) is 13.2 Å². The molecule has 7 heteroatoms. The Morgan fingerprint density at radius 3 is 2.80 bits per heavy atom. The van der Waals surface area contributed by atoms with Crippen LogP contribution in [0.25, 0.3) is 0 Å². The van der Waals surface area contributed by atoms with Crippen LogP contribution in [0.4, 0.5) is 4.39 Å². The number of hydrogen-bond acceptors (Lipinski definition) is 4. The zero-order valence-electron chi connectivity index (χ0n) is 11.6. The summed E-state index contributed by atoms with van der Waals surface area (Å²) in [5.41, 5.74) is 0.587. The third-order valence-corrected chi connectivity index (χ3v) is 4.15. The van der Waals surface area contributed by atoms with Crippen molar-refractivity contribution in [2.75, 3.05) is 26.3 Å². The molecule has 114 valence electrons. The zero-order chi connectivity index (χ0) is 15.0. The van der Waals surface area contributed by atoms with Gasteiger partial charge in [-0.2, -0.15) is 0 Å². The lowest BCUT2D eigenvalue weighted by Gasteiger charge is -2.14. The standard InChI is InChI=1S/C13H20FNO4S/c1-11(12-5-3-6-13(14)9-12)15-20(16,17)8-4-7-19-10-18-2/h3,5-6,9,11,15H,4,7-8,10H2,1-2H3/t11-/m1/s1. The van der Waals surface area contributed by atoms with Crippen molar-refractivity contribution in [3.63, 3.8) is 0 Å². The second kappa shape index (κ2) is 8.31. The van der Waals surface area contributed by atoms with Crippen LogP contribution in [-0.4, -0.2) is 34.7 Å². The Morgan fingerprint density at radius 1 is 1.40 bits per heavy atom. The summed E-state index contributed by atoms with van der Waals surface area (Å²) in [4.78, 5) is 0. The summed E-state index contributed by atoms with van der Waals surface area (Å²) in [7, 11) is -1.92. The van der Waals surface area contributed by atoms with E-state index in [2.05, 4.69) is 9.46 Å². The van der Waals surface area contributed by atoms with Crippen molar-refractivity contribution in [1.82, 2.24) is 4.72 Å². The Labute approximate surface area is 119 Å². The SMILES string of the molecule is COCOCCCS(=O)(=O)N[C@H](C)c1cccc(F)c1. The number of benzene rings is 1. The van der Waals surface area contributed by atoms with Crippen LogP contribution in [0.1, 0.15) is 24.9 Å². The summed E-state index contributed by atoms with van der Waals surface area (Å²) in [5.74, 6) is -0.433. The van der Waals surface area contributed by atoms with Crippen LogP contribution < -0.4 is 4.72 Å². The van der Waals surface area contributed by atoms with Crippen molar-refractivity contribution in [2.45, 2.75) is 19.4 Å². The van der Waals surface area contributed by atoms with Crippen LogP contribution in [0.5, 0.6) is 0 Å². The fraction of sp³-hybridized carbons (Fsp3) is 0.538. The van der Waals surface area contributed by atoms with Crippen LogP contribution >= 0.6 is 0 Å². The molecule has 0 saturated carbocycles. The first-order valence-corrected chi connectivity index (χ1v) is 7.92. The molecule has 0 unspecified atom stereocenters. The molecule has 0 spiro atoms. The van der Waals surface area contributed by atoms with E-state index in [1.54, 1.807) is 19.1 Å². The first kappa shape index (κ1) is 17.0. The van der Waals surface area contributed by atoms with E-state index < -0.39 is 16.1 Å². The minimum absolute atomic E-state index is 0.0453. The fourth-order valence-electron chi connectivity index (χ4n) is 1.67. The lowest BCUT2D eigenvalue weighted by molar-refractivity contribution is -0.0298. The molecule has 1 aromatic rings. The number of hydrogen-bond donors (Lipinski definition) is 1. The number of ether oxygens (including phenoxy) is 2. The topological polar surface area (TPSA) is 64.6 Å². The van der Waals surface area contributed by atoms with E-state index in [1.807, 2.05) is 0 Å². The van der Waals surface area contributed by atoms with E-state index in [0.717, 1.165) is 0 Å². The largest absolute Gasteiger partial charge is 0.359 e. The second-order valence-corrected chi connectivity index (χ2v) is 6.26. The molecule has 0 heterocycles. The minimum Gasteiger partial charge on any atom is -0.359 e. The molecule has 1 N–H and O–H groups in total. The number of nitrogens with one attached hydrogen (secondary N) is 1. The third-order valence-electron chi connectivity index (χ3n) is 2.61. The van der Waals surface area contributed by atoms with Crippen LogP contribution in [0.3, 0.4) is 0 Å². The van der Waals surface area contributed by atoms with Crippen molar-refractivity contribution in [3.8, 4) is 0 Å². The van der Waals surface area contributed by atoms with E-state index in [4.69, 9.17) is 4.74 Å². The highest BCUT2D eigenvalue weighted by Crippen LogP contribution is 2.14. The highest BCUT2D eigenvalue weighted by atomic mass is 32.2. The molecule has 1 atom stereocenters. The minimum atomic E-state index is -3.42. The van der Waals surface area contributed by atoms with Crippen molar-refractivity contribution < 1.29 is 22.3 Å². The van der Waals surface area contributed by atoms with Gasteiger partial charge in [0.15, 0.2) is 0 Å². The highest BCUT2D eigenvalue weighted by Gasteiger charge is 2.15. The molecular formula is C13H20FNO4S. The molecular weight excluding hydrogens is 285 g/mol. The Morgan fingerprint density at radius 2 is 2.15 bits per heavy atom. The molecule has 5 nitrogen and oxygen atoms in total. The van der Waals surface area contributed by atoms with E-state index in [1.165, 1.54) is 19.2 Å². The normalized spacial score (nSPS) is 13.3. The lowest BCUT2D eigenvalue weighted by Crippen LogP contribution is -2.29. The maximum Gasteiger partial charge on any atom is 0.212 e. The molecule has 0 amide bonds. The molecule has 0 saturated heterocycles. The molecule has 0 aromatic heterocycles. The van der Waals surface area contributed by atoms with Crippen molar-refractivity contribution in [3.05, 3.63) is 35.6 Å². The fourth-order valence-corrected chi connectivity index (χ4v) is 2.96. The lowest BCUT2D eigenvalue weighted by atomic mass is 10.1. The van der Waals surface area contributed by atoms with Gasteiger partial charge in [-0.3, -0.25) is 0 Å². The van der Waals surface area contributed by atoms with Gasteiger partial charge in [0.1, 0.15) is 12.6 Å². The van der Waals surface area contributed by atoms with Gasteiger partial charge in [0.25, 0.3) is 0 Å². The summed E-state index contributed by atoms with van der Waals surface area (Å²) in [6, 6.07) is 5.38. The maximum absolute atomic E-state index is 13.1. The molecule has 0 aliphatic heterocycles. The van der Waals surface area contributed by atoms with Crippen LogP contribution in [0.15, 0.2) is 24.3 Å². The van der Waals surface area contributed by atoms with E-state index in [9.17, 15) is 12.8 Å². The predicted molar refractivity (Wildman–Crippen MR) is 74.2 cm³/mol. The molecule has 1 aromatic carbocycles. The first-order valence-electron chi connectivity index (χ1n) is 6.27.